The fourth-order valence-corrected chi connectivity index (χ4v) is 2.43. The van der Waals surface area contributed by atoms with E-state index in [0.717, 1.165) is 12.8 Å². The van der Waals surface area contributed by atoms with Crippen LogP contribution in [0, 0.1) is 0 Å². The van der Waals surface area contributed by atoms with Gasteiger partial charge in [0.25, 0.3) is 5.56 Å². The lowest BCUT2D eigenvalue weighted by atomic mass is 10.1. The number of aromatic nitrogens is 1. The fourth-order valence-electron chi connectivity index (χ4n) is 2.43. The molecule has 6 nitrogen and oxygen atoms in total. The third-order valence-corrected chi connectivity index (χ3v) is 3.54. The highest BCUT2D eigenvalue weighted by Crippen LogP contribution is 2.29. The molecule has 1 saturated heterocycles. The van der Waals surface area contributed by atoms with Crippen LogP contribution in [0.4, 0.5) is 23.7 Å². The molecule has 128 valence electrons. The van der Waals surface area contributed by atoms with Gasteiger partial charge >= 0.3 is 12.2 Å². The first-order valence-electron chi connectivity index (χ1n) is 7.28. The van der Waals surface area contributed by atoms with Crippen molar-refractivity contribution in [3.05, 3.63) is 28.2 Å². The molecule has 0 aliphatic carbocycles. The van der Waals surface area contributed by atoms with Crippen LogP contribution in [-0.4, -0.2) is 41.7 Å². The summed E-state index contributed by atoms with van der Waals surface area (Å²) in [4.78, 5) is 27.2. The van der Waals surface area contributed by atoms with E-state index >= 15 is 0 Å². The van der Waals surface area contributed by atoms with Crippen LogP contribution in [0.25, 0.3) is 0 Å². The van der Waals surface area contributed by atoms with Crippen molar-refractivity contribution in [2.24, 2.45) is 0 Å². The number of rotatable bonds is 3. The second-order valence-corrected chi connectivity index (χ2v) is 5.22. The van der Waals surface area contributed by atoms with Crippen LogP contribution in [0.3, 0.4) is 0 Å². The number of halogens is 3. The molecule has 0 bridgehead atoms. The number of amides is 2. The zero-order valence-corrected chi connectivity index (χ0v) is 12.6. The number of carbonyl (C=O) groups excluding carboxylic acids is 1. The third kappa shape index (κ3) is 4.47. The normalized spacial score (nSPS) is 18.8. The summed E-state index contributed by atoms with van der Waals surface area (Å²) >= 11 is 0. The highest BCUT2D eigenvalue weighted by Gasteiger charge is 2.32. The van der Waals surface area contributed by atoms with E-state index in [1.807, 2.05) is 11.9 Å². The van der Waals surface area contributed by atoms with Gasteiger partial charge in [-0.3, -0.25) is 4.79 Å². The number of nitrogens with zero attached hydrogens (tertiary/aromatic N) is 1. The first-order valence-corrected chi connectivity index (χ1v) is 7.28. The number of hydrogen-bond donors (Lipinski definition) is 2. The molecule has 1 unspecified atom stereocenters. The molecule has 1 atom stereocenters. The Balaban J connectivity index is 2.09. The largest absolute Gasteiger partial charge is 0.417 e. The Morgan fingerprint density at radius 3 is 2.91 bits per heavy atom. The monoisotopic (exact) mass is 333 g/mol. The molecule has 23 heavy (non-hydrogen) atoms. The van der Waals surface area contributed by atoms with Crippen molar-refractivity contribution in [3.8, 4) is 0 Å². The molecule has 0 spiro atoms. The average Bonchev–Trinajstić information content (AvgIpc) is 2.49. The number of H-pyrrole nitrogens is 1. The quantitative estimate of drug-likeness (QED) is 0.892. The Morgan fingerprint density at radius 1 is 1.52 bits per heavy atom. The molecule has 2 rings (SSSR count). The number of aromatic amines is 1. The molecule has 2 N–H and O–H groups in total. The van der Waals surface area contributed by atoms with Crippen molar-refractivity contribution in [1.82, 2.24) is 9.88 Å². The molecule has 0 aromatic carbocycles. The first kappa shape index (κ1) is 17.3. The molecule has 1 fully saturated rings. The molecule has 0 radical (unpaired) electrons. The lowest BCUT2D eigenvalue weighted by Gasteiger charge is -2.32. The minimum Gasteiger partial charge on any atom is -0.377 e. The summed E-state index contributed by atoms with van der Waals surface area (Å²) in [6.07, 6.45) is -2.57. The minimum atomic E-state index is -4.60. The van der Waals surface area contributed by atoms with Gasteiger partial charge in [0.2, 0.25) is 0 Å². The summed E-state index contributed by atoms with van der Waals surface area (Å²) in [5.74, 6) is 0. The van der Waals surface area contributed by atoms with Crippen LogP contribution in [0.1, 0.15) is 25.3 Å². The maximum atomic E-state index is 12.7. The number of piperidine rings is 1. The van der Waals surface area contributed by atoms with E-state index in [1.165, 1.54) is 4.90 Å². The first-order chi connectivity index (χ1) is 10.8. The van der Waals surface area contributed by atoms with Crippen LogP contribution >= 0.6 is 0 Å². The fraction of sp³-hybridized carbons (Fsp3) is 0.571. The van der Waals surface area contributed by atoms with Gasteiger partial charge in [-0.2, -0.15) is 13.2 Å². The summed E-state index contributed by atoms with van der Waals surface area (Å²) < 4.78 is 43.5. The number of anilines is 1. The smallest absolute Gasteiger partial charge is 0.377 e. The Hall–Kier alpha value is -2.03. The van der Waals surface area contributed by atoms with Crippen molar-refractivity contribution >= 4 is 11.7 Å². The minimum absolute atomic E-state index is 0.0979. The SMILES string of the molecule is CCOC1CCCN(C(=O)Nc2cc(C(F)(F)F)c[nH]c2=O)C1. The Labute approximate surface area is 130 Å². The molecular weight excluding hydrogens is 315 g/mol. The van der Waals surface area contributed by atoms with Gasteiger partial charge in [-0.15, -0.1) is 0 Å². The molecule has 1 aromatic rings. The Kier molecular flexibility index (Phi) is 5.30. The highest BCUT2D eigenvalue weighted by atomic mass is 19.4. The van der Waals surface area contributed by atoms with Crippen molar-refractivity contribution in [1.29, 1.82) is 0 Å². The molecule has 9 heteroatoms. The van der Waals surface area contributed by atoms with Gasteiger partial charge in [-0.1, -0.05) is 0 Å². The second kappa shape index (κ2) is 7.03. The van der Waals surface area contributed by atoms with Crippen LogP contribution < -0.4 is 10.9 Å². The molecule has 2 amide bonds. The van der Waals surface area contributed by atoms with E-state index in [-0.39, 0.29) is 6.10 Å². The van der Waals surface area contributed by atoms with Crippen LogP contribution in [-0.2, 0) is 10.9 Å². The Morgan fingerprint density at radius 2 is 2.26 bits per heavy atom. The average molecular weight is 333 g/mol. The third-order valence-electron chi connectivity index (χ3n) is 3.54. The zero-order chi connectivity index (χ0) is 17.0. The molecule has 1 aliphatic rings. The summed E-state index contributed by atoms with van der Waals surface area (Å²) in [7, 11) is 0. The van der Waals surface area contributed by atoms with Gasteiger partial charge in [-0.25, -0.2) is 4.79 Å². The van der Waals surface area contributed by atoms with E-state index in [0.29, 0.717) is 32.0 Å². The molecule has 2 heterocycles. The zero-order valence-electron chi connectivity index (χ0n) is 12.6. The predicted molar refractivity (Wildman–Crippen MR) is 77.3 cm³/mol. The number of likely N-dealkylation sites (tertiary alicyclic amines) is 1. The number of urea groups is 1. The van der Waals surface area contributed by atoms with E-state index in [2.05, 4.69) is 5.32 Å². The number of nitrogens with one attached hydrogen (secondary N) is 2. The van der Waals surface area contributed by atoms with E-state index < -0.39 is 29.0 Å². The number of alkyl halides is 3. The summed E-state index contributed by atoms with van der Waals surface area (Å²) in [6, 6.07) is 0.0139. The van der Waals surface area contributed by atoms with Crippen molar-refractivity contribution < 1.29 is 22.7 Å². The van der Waals surface area contributed by atoms with Gasteiger partial charge < -0.3 is 19.9 Å². The van der Waals surface area contributed by atoms with E-state index in [9.17, 15) is 22.8 Å². The van der Waals surface area contributed by atoms with Crippen molar-refractivity contribution in [2.75, 3.05) is 25.0 Å². The van der Waals surface area contributed by atoms with E-state index in [4.69, 9.17) is 4.74 Å². The van der Waals surface area contributed by atoms with Crippen molar-refractivity contribution in [3.63, 3.8) is 0 Å². The molecule has 0 saturated carbocycles. The predicted octanol–water partition coefficient (Wildman–Crippen LogP) is 2.43. The van der Waals surface area contributed by atoms with Gasteiger partial charge in [0.05, 0.1) is 11.7 Å². The number of hydrogen-bond acceptors (Lipinski definition) is 3. The summed E-state index contributed by atoms with van der Waals surface area (Å²) in [6.45, 7) is 3.18. The van der Waals surface area contributed by atoms with Gasteiger partial charge in [-0.05, 0) is 25.8 Å². The van der Waals surface area contributed by atoms with E-state index in [1.54, 1.807) is 0 Å². The van der Waals surface area contributed by atoms with Gasteiger partial charge in [0.1, 0.15) is 5.69 Å². The van der Waals surface area contributed by atoms with Crippen LogP contribution in [0.15, 0.2) is 17.1 Å². The maximum absolute atomic E-state index is 12.7. The summed E-state index contributed by atoms with van der Waals surface area (Å²) in [5, 5.41) is 2.24. The molecular formula is C14H18F3N3O3. The maximum Gasteiger partial charge on any atom is 0.417 e. The van der Waals surface area contributed by atoms with Crippen LogP contribution in [0.5, 0.6) is 0 Å². The standard InChI is InChI=1S/C14H18F3N3O3/c1-2-23-10-4-3-5-20(8-10)13(22)19-11-6-9(14(15,16)17)7-18-12(11)21/h6-7,10H,2-5,8H2,1H3,(H,18,21)(H,19,22). The molecule has 1 aromatic heterocycles. The lowest BCUT2D eigenvalue weighted by Crippen LogP contribution is -2.45. The summed E-state index contributed by atoms with van der Waals surface area (Å²) in [5.41, 5.74) is -2.24. The lowest BCUT2D eigenvalue weighted by molar-refractivity contribution is -0.137. The van der Waals surface area contributed by atoms with Crippen LogP contribution in [0.2, 0.25) is 0 Å². The number of carbonyl (C=O) groups is 1. The molecule has 1 aliphatic heterocycles. The second-order valence-electron chi connectivity index (χ2n) is 5.22. The van der Waals surface area contributed by atoms with Gasteiger partial charge in [0, 0.05) is 25.9 Å². The Bertz CT molecular complexity index is 613. The topological polar surface area (TPSA) is 74.4 Å². The number of ether oxygens (including phenoxy) is 1. The number of pyridine rings is 1. The van der Waals surface area contributed by atoms with Crippen molar-refractivity contribution in [2.45, 2.75) is 32.0 Å². The van der Waals surface area contributed by atoms with Gasteiger partial charge in [0.15, 0.2) is 0 Å². The highest BCUT2D eigenvalue weighted by molar-refractivity contribution is 5.89.